The quantitative estimate of drug-likeness (QED) is 0.520. The Morgan fingerprint density at radius 1 is 1.57 bits per heavy atom. The van der Waals surface area contributed by atoms with Crippen molar-refractivity contribution >= 4 is 10.2 Å². The summed E-state index contributed by atoms with van der Waals surface area (Å²) in [4.78, 5) is 0. The monoisotopic (exact) mass is 223 g/mol. The van der Waals surface area contributed by atoms with Gasteiger partial charge in [0.15, 0.2) is 0 Å². The average Bonchev–Trinajstić information content (AvgIpc) is 2.50. The van der Waals surface area contributed by atoms with E-state index in [-0.39, 0.29) is 6.04 Å². The van der Waals surface area contributed by atoms with E-state index in [2.05, 4.69) is 10.0 Å². The van der Waals surface area contributed by atoms with E-state index in [0.717, 1.165) is 0 Å². The van der Waals surface area contributed by atoms with Crippen molar-refractivity contribution in [1.82, 2.24) is 14.3 Å². The van der Waals surface area contributed by atoms with Gasteiger partial charge in [-0.15, -0.1) is 0 Å². The van der Waals surface area contributed by atoms with Crippen molar-refractivity contribution in [2.45, 2.75) is 19.1 Å². The largest absolute Gasteiger partial charge is 0.390 e. The van der Waals surface area contributed by atoms with Crippen LogP contribution in [0.25, 0.3) is 0 Å². The molecule has 1 aliphatic heterocycles. The minimum atomic E-state index is -3.44. The van der Waals surface area contributed by atoms with Gasteiger partial charge in [0.25, 0.3) is 10.2 Å². The molecule has 0 saturated carbocycles. The van der Waals surface area contributed by atoms with E-state index in [9.17, 15) is 13.5 Å². The molecule has 1 rings (SSSR count). The van der Waals surface area contributed by atoms with Crippen molar-refractivity contribution in [2.75, 3.05) is 26.7 Å². The van der Waals surface area contributed by atoms with E-state index < -0.39 is 16.3 Å². The average molecular weight is 223 g/mol. The Labute approximate surface area is 84.5 Å². The molecule has 6 nitrogen and oxygen atoms in total. The second kappa shape index (κ2) is 4.54. The zero-order valence-electron chi connectivity index (χ0n) is 8.40. The first-order valence-electron chi connectivity index (χ1n) is 4.60. The maximum Gasteiger partial charge on any atom is 0.279 e. The number of hydrogen-bond acceptors (Lipinski definition) is 4. The Morgan fingerprint density at radius 3 is 2.64 bits per heavy atom. The fraction of sp³-hybridized carbons (Fsp3) is 1.00. The lowest BCUT2D eigenvalue weighted by atomic mass is 10.2. The van der Waals surface area contributed by atoms with Crippen molar-refractivity contribution in [3.05, 3.63) is 0 Å². The lowest BCUT2D eigenvalue weighted by Crippen LogP contribution is -2.48. The fourth-order valence-corrected chi connectivity index (χ4v) is 2.62. The molecule has 1 aliphatic rings. The maximum atomic E-state index is 11.5. The molecule has 0 aromatic heterocycles. The fourth-order valence-electron chi connectivity index (χ4n) is 1.48. The first kappa shape index (κ1) is 11.9. The summed E-state index contributed by atoms with van der Waals surface area (Å²) in [5.74, 6) is 0. The SMILES string of the molecule is CCNS(=O)(=O)N(C)[C@@H]1CNC[C@H]1O. The Morgan fingerprint density at radius 2 is 2.21 bits per heavy atom. The highest BCUT2D eigenvalue weighted by Gasteiger charge is 2.34. The van der Waals surface area contributed by atoms with Gasteiger partial charge in [-0.2, -0.15) is 12.7 Å². The highest BCUT2D eigenvalue weighted by atomic mass is 32.2. The summed E-state index contributed by atoms with van der Waals surface area (Å²) in [6, 6.07) is -0.376. The summed E-state index contributed by atoms with van der Waals surface area (Å²) < 4.78 is 26.6. The molecule has 0 radical (unpaired) electrons. The number of likely N-dealkylation sites (N-methyl/N-ethyl adjacent to an activating group) is 1. The standard InChI is InChI=1S/C7H17N3O3S/c1-3-9-14(12,13)10(2)6-4-8-5-7(6)11/h6-9,11H,3-5H2,1-2H3/t6-,7-/m1/s1. The zero-order chi connectivity index (χ0) is 10.8. The van der Waals surface area contributed by atoms with Crippen LogP contribution in [0.3, 0.4) is 0 Å². The van der Waals surface area contributed by atoms with Crippen LogP contribution in [-0.2, 0) is 10.2 Å². The molecule has 84 valence electrons. The summed E-state index contributed by atoms with van der Waals surface area (Å²) >= 11 is 0. The van der Waals surface area contributed by atoms with Crippen LogP contribution in [0.4, 0.5) is 0 Å². The molecule has 14 heavy (non-hydrogen) atoms. The molecule has 2 atom stereocenters. The van der Waals surface area contributed by atoms with Gasteiger partial charge in [-0.3, -0.25) is 0 Å². The van der Waals surface area contributed by atoms with Crippen LogP contribution in [0.2, 0.25) is 0 Å². The highest BCUT2D eigenvalue weighted by Crippen LogP contribution is 2.10. The Balaban J connectivity index is 2.68. The molecule has 1 heterocycles. The van der Waals surface area contributed by atoms with Gasteiger partial charge in [-0.05, 0) is 0 Å². The zero-order valence-corrected chi connectivity index (χ0v) is 9.21. The molecule has 0 bridgehead atoms. The molecule has 7 heteroatoms. The Kier molecular flexibility index (Phi) is 3.85. The maximum absolute atomic E-state index is 11.5. The molecule has 1 fully saturated rings. The smallest absolute Gasteiger partial charge is 0.279 e. The van der Waals surface area contributed by atoms with E-state index in [1.54, 1.807) is 6.92 Å². The predicted molar refractivity (Wildman–Crippen MR) is 53.0 cm³/mol. The van der Waals surface area contributed by atoms with Crippen LogP contribution < -0.4 is 10.0 Å². The number of aliphatic hydroxyl groups is 1. The topological polar surface area (TPSA) is 81.7 Å². The van der Waals surface area contributed by atoms with Gasteiger partial charge in [0, 0.05) is 26.7 Å². The third-order valence-corrected chi connectivity index (χ3v) is 4.01. The molecule has 0 unspecified atom stereocenters. The summed E-state index contributed by atoms with van der Waals surface area (Å²) in [7, 11) is -1.97. The third-order valence-electron chi connectivity index (χ3n) is 2.32. The number of nitrogens with zero attached hydrogens (tertiary/aromatic N) is 1. The molecule has 3 N–H and O–H groups in total. The molecular weight excluding hydrogens is 206 g/mol. The van der Waals surface area contributed by atoms with E-state index in [1.807, 2.05) is 0 Å². The van der Waals surface area contributed by atoms with E-state index in [4.69, 9.17) is 0 Å². The van der Waals surface area contributed by atoms with Gasteiger partial charge < -0.3 is 10.4 Å². The van der Waals surface area contributed by atoms with Crippen LogP contribution in [0.15, 0.2) is 0 Å². The van der Waals surface area contributed by atoms with E-state index in [0.29, 0.717) is 19.6 Å². The highest BCUT2D eigenvalue weighted by molar-refractivity contribution is 7.87. The van der Waals surface area contributed by atoms with Crippen LogP contribution in [-0.4, -0.2) is 56.7 Å². The van der Waals surface area contributed by atoms with E-state index in [1.165, 1.54) is 11.4 Å². The summed E-state index contributed by atoms with van der Waals surface area (Å²) in [6.07, 6.45) is -0.631. The molecule has 0 aromatic rings. The lowest BCUT2D eigenvalue weighted by Gasteiger charge is -2.25. The third kappa shape index (κ3) is 2.43. The Hall–Kier alpha value is -0.210. The minimum Gasteiger partial charge on any atom is -0.390 e. The van der Waals surface area contributed by atoms with Crippen LogP contribution in [0.5, 0.6) is 0 Å². The Bertz CT molecular complexity index is 280. The first-order chi connectivity index (χ1) is 6.49. The molecular formula is C7H17N3O3S. The second-order valence-corrected chi connectivity index (χ2v) is 5.13. The summed E-state index contributed by atoms with van der Waals surface area (Å²) in [5.41, 5.74) is 0. The van der Waals surface area contributed by atoms with Gasteiger partial charge in [-0.25, -0.2) is 4.72 Å². The number of aliphatic hydroxyl groups excluding tert-OH is 1. The van der Waals surface area contributed by atoms with Crippen molar-refractivity contribution in [2.24, 2.45) is 0 Å². The summed E-state index contributed by atoms with van der Waals surface area (Å²) in [6.45, 7) is 3.00. The van der Waals surface area contributed by atoms with Gasteiger partial charge in [0.1, 0.15) is 0 Å². The summed E-state index contributed by atoms with van der Waals surface area (Å²) in [5, 5.41) is 12.4. The number of rotatable bonds is 4. The van der Waals surface area contributed by atoms with Gasteiger partial charge in [-0.1, -0.05) is 6.92 Å². The van der Waals surface area contributed by atoms with Crippen molar-refractivity contribution in [3.63, 3.8) is 0 Å². The van der Waals surface area contributed by atoms with Crippen LogP contribution >= 0.6 is 0 Å². The molecule has 0 amide bonds. The number of nitrogens with one attached hydrogen (secondary N) is 2. The minimum absolute atomic E-state index is 0.350. The lowest BCUT2D eigenvalue weighted by molar-refractivity contribution is 0.136. The second-order valence-electron chi connectivity index (χ2n) is 3.31. The van der Waals surface area contributed by atoms with Crippen molar-refractivity contribution in [3.8, 4) is 0 Å². The van der Waals surface area contributed by atoms with Gasteiger partial charge >= 0.3 is 0 Å². The molecule has 0 spiro atoms. The van der Waals surface area contributed by atoms with Gasteiger partial charge in [0.2, 0.25) is 0 Å². The van der Waals surface area contributed by atoms with Crippen molar-refractivity contribution in [1.29, 1.82) is 0 Å². The van der Waals surface area contributed by atoms with E-state index >= 15 is 0 Å². The van der Waals surface area contributed by atoms with Crippen molar-refractivity contribution < 1.29 is 13.5 Å². The van der Waals surface area contributed by atoms with Gasteiger partial charge in [0.05, 0.1) is 12.1 Å². The molecule has 0 aromatic carbocycles. The molecule has 0 aliphatic carbocycles. The predicted octanol–water partition coefficient (Wildman–Crippen LogP) is -1.89. The number of β-amino-alcohol motifs (C(OH)–C–C–N with tert-alkyl or cyclic N) is 1. The number of hydrogen-bond donors (Lipinski definition) is 3. The van der Waals surface area contributed by atoms with Crippen LogP contribution in [0.1, 0.15) is 6.92 Å². The molecule has 1 saturated heterocycles. The van der Waals surface area contributed by atoms with Crippen LogP contribution in [0, 0.1) is 0 Å². The normalized spacial score (nSPS) is 28.6. The first-order valence-corrected chi connectivity index (χ1v) is 6.04.